The van der Waals surface area contributed by atoms with Crippen LogP contribution in [0.5, 0.6) is 0 Å². The third-order valence-corrected chi connectivity index (χ3v) is 4.37. The maximum atomic E-state index is 11.9. The van der Waals surface area contributed by atoms with Gasteiger partial charge in [-0.2, -0.15) is 0 Å². The summed E-state index contributed by atoms with van der Waals surface area (Å²) in [6, 6.07) is 3.92. The topological polar surface area (TPSA) is 51.2 Å². The first kappa shape index (κ1) is 17.5. The number of methoxy groups -OCH3 is 1. The first-order valence-electron chi connectivity index (χ1n) is 6.59. The van der Waals surface area contributed by atoms with Crippen molar-refractivity contribution in [3.05, 3.63) is 22.8 Å². The monoisotopic (exact) mass is 360 g/mol. The van der Waals surface area contributed by atoms with Crippen LogP contribution in [0.4, 0.5) is 0 Å². The molecular weight excluding hydrogens is 340 g/mol. The van der Waals surface area contributed by atoms with Crippen LogP contribution in [0.1, 0.15) is 26.7 Å². The summed E-state index contributed by atoms with van der Waals surface area (Å²) in [6.07, 6.45) is 3.45. The smallest absolute Gasteiger partial charge is 0.325 e. The van der Waals surface area contributed by atoms with Crippen molar-refractivity contribution in [1.29, 1.82) is 0 Å². The standard InChI is InChI=1S/C14H21BrN2O2S/c1-4-8-17-14(2,13(18)19-3)7-9-20-12-6-5-11(15)10-16-12/h5-6,10,17H,4,7-9H2,1-3H3. The average molecular weight is 361 g/mol. The van der Waals surface area contributed by atoms with Gasteiger partial charge in [-0.3, -0.25) is 4.79 Å². The normalized spacial score (nSPS) is 13.8. The third-order valence-electron chi connectivity index (χ3n) is 2.95. The molecule has 1 aromatic rings. The number of pyridine rings is 1. The molecule has 0 amide bonds. The van der Waals surface area contributed by atoms with Crippen molar-refractivity contribution in [2.24, 2.45) is 0 Å². The molecule has 1 rings (SSSR count). The van der Waals surface area contributed by atoms with Gasteiger partial charge in [0.2, 0.25) is 0 Å². The number of nitrogens with one attached hydrogen (secondary N) is 1. The van der Waals surface area contributed by atoms with Crippen molar-refractivity contribution in [3.63, 3.8) is 0 Å². The second kappa shape index (κ2) is 8.64. The molecule has 0 spiro atoms. The van der Waals surface area contributed by atoms with Gasteiger partial charge in [0.25, 0.3) is 0 Å². The summed E-state index contributed by atoms with van der Waals surface area (Å²) in [5.41, 5.74) is -0.632. The van der Waals surface area contributed by atoms with E-state index in [1.165, 1.54) is 7.11 Å². The molecular formula is C14H21BrN2O2S. The van der Waals surface area contributed by atoms with Crippen LogP contribution in [-0.4, -0.2) is 35.9 Å². The van der Waals surface area contributed by atoms with E-state index >= 15 is 0 Å². The number of nitrogens with zero attached hydrogens (tertiary/aromatic N) is 1. The summed E-state index contributed by atoms with van der Waals surface area (Å²) in [7, 11) is 1.43. The molecule has 0 radical (unpaired) electrons. The van der Waals surface area contributed by atoms with Crippen molar-refractivity contribution < 1.29 is 9.53 Å². The van der Waals surface area contributed by atoms with Crippen LogP contribution >= 0.6 is 27.7 Å². The van der Waals surface area contributed by atoms with Gasteiger partial charge in [0, 0.05) is 16.4 Å². The maximum Gasteiger partial charge on any atom is 0.325 e. The Morgan fingerprint density at radius 1 is 1.55 bits per heavy atom. The minimum Gasteiger partial charge on any atom is -0.468 e. The van der Waals surface area contributed by atoms with Gasteiger partial charge in [-0.15, -0.1) is 11.8 Å². The molecule has 0 fully saturated rings. The third kappa shape index (κ3) is 5.42. The average Bonchev–Trinajstić information content (AvgIpc) is 2.46. The molecule has 0 saturated carbocycles. The predicted octanol–water partition coefficient (Wildman–Crippen LogP) is 3.26. The second-order valence-corrected chi connectivity index (χ2v) is 6.69. The number of halogens is 1. The highest BCUT2D eigenvalue weighted by Gasteiger charge is 2.33. The number of esters is 1. The number of hydrogen-bond donors (Lipinski definition) is 1. The van der Waals surface area contributed by atoms with Crippen LogP contribution in [-0.2, 0) is 9.53 Å². The van der Waals surface area contributed by atoms with Gasteiger partial charge in [-0.1, -0.05) is 6.92 Å². The zero-order valence-electron chi connectivity index (χ0n) is 12.1. The van der Waals surface area contributed by atoms with E-state index in [-0.39, 0.29) is 5.97 Å². The van der Waals surface area contributed by atoms with Gasteiger partial charge in [-0.25, -0.2) is 4.98 Å². The predicted molar refractivity (Wildman–Crippen MR) is 86.0 cm³/mol. The number of hydrogen-bond acceptors (Lipinski definition) is 5. The van der Waals surface area contributed by atoms with Crippen molar-refractivity contribution in [1.82, 2.24) is 10.3 Å². The Morgan fingerprint density at radius 2 is 2.30 bits per heavy atom. The summed E-state index contributed by atoms with van der Waals surface area (Å²) in [5, 5.41) is 4.23. The molecule has 1 atom stereocenters. The Bertz CT molecular complexity index is 428. The van der Waals surface area contributed by atoms with Crippen LogP contribution in [0.3, 0.4) is 0 Å². The largest absolute Gasteiger partial charge is 0.468 e. The minimum atomic E-state index is -0.632. The molecule has 6 heteroatoms. The zero-order valence-corrected chi connectivity index (χ0v) is 14.5. The molecule has 0 aliphatic heterocycles. The quantitative estimate of drug-likeness (QED) is 0.569. The van der Waals surface area contributed by atoms with E-state index in [1.54, 1.807) is 18.0 Å². The van der Waals surface area contributed by atoms with E-state index in [0.717, 1.165) is 28.2 Å². The molecule has 0 aromatic carbocycles. The lowest BCUT2D eigenvalue weighted by atomic mass is 9.99. The van der Waals surface area contributed by atoms with E-state index < -0.39 is 5.54 Å². The second-order valence-electron chi connectivity index (χ2n) is 4.66. The Morgan fingerprint density at radius 3 is 2.85 bits per heavy atom. The molecule has 112 valence electrons. The molecule has 0 saturated heterocycles. The molecule has 0 aliphatic carbocycles. The number of thioether (sulfide) groups is 1. The van der Waals surface area contributed by atoms with Gasteiger partial charge in [0.05, 0.1) is 12.1 Å². The Labute approximate surface area is 133 Å². The van der Waals surface area contributed by atoms with Crippen LogP contribution in [0.15, 0.2) is 27.8 Å². The lowest BCUT2D eigenvalue weighted by molar-refractivity contribution is -0.148. The van der Waals surface area contributed by atoms with Crippen molar-refractivity contribution >= 4 is 33.7 Å². The molecule has 1 unspecified atom stereocenters. The first-order valence-corrected chi connectivity index (χ1v) is 8.37. The molecule has 1 aromatic heterocycles. The summed E-state index contributed by atoms with van der Waals surface area (Å²) in [6.45, 7) is 4.77. The SMILES string of the molecule is CCCNC(C)(CCSc1ccc(Br)cn1)C(=O)OC. The lowest BCUT2D eigenvalue weighted by Gasteiger charge is -2.27. The highest BCUT2D eigenvalue weighted by molar-refractivity contribution is 9.10. The van der Waals surface area contributed by atoms with Crippen LogP contribution in [0.25, 0.3) is 0 Å². The van der Waals surface area contributed by atoms with Crippen molar-refractivity contribution in [2.75, 3.05) is 19.4 Å². The molecule has 0 bridgehead atoms. The van der Waals surface area contributed by atoms with Crippen LogP contribution in [0, 0.1) is 0 Å². The lowest BCUT2D eigenvalue weighted by Crippen LogP contribution is -2.50. The number of rotatable bonds is 8. The van der Waals surface area contributed by atoms with E-state index in [0.29, 0.717) is 6.42 Å². The fourth-order valence-electron chi connectivity index (χ4n) is 1.70. The highest BCUT2D eigenvalue weighted by Crippen LogP contribution is 2.22. The molecule has 20 heavy (non-hydrogen) atoms. The Hall–Kier alpha value is -0.590. The van der Waals surface area contributed by atoms with Crippen LogP contribution in [0.2, 0.25) is 0 Å². The van der Waals surface area contributed by atoms with Gasteiger partial charge >= 0.3 is 5.97 Å². The minimum absolute atomic E-state index is 0.213. The maximum absolute atomic E-state index is 11.9. The summed E-state index contributed by atoms with van der Waals surface area (Å²) in [4.78, 5) is 16.2. The number of carbonyl (C=O) groups is 1. The summed E-state index contributed by atoms with van der Waals surface area (Å²) in [5.74, 6) is 0.590. The summed E-state index contributed by atoms with van der Waals surface area (Å²) >= 11 is 5.00. The summed E-state index contributed by atoms with van der Waals surface area (Å²) < 4.78 is 5.86. The fraction of sp³-hybridized carbons (Fsp3) is 0.571. The highest BCUT2D eigenvalue weighted by atomic mass is 79.9. The molecule has 1 heterocycles. The molecule has 0 aliphatic rings. The van der Waals surface area contributed by atoms with Crippen LogP contribution < -0.4 is 5.32 Å². The molecule has 4 nitrogen and oxygen atoms in total. The van der Waals surface area contributed by atoms with E-state index in [9.17, 15) is 4.79 Å². The van der Waals surface area contributed by atoms with Crippen molar-refractivity contribution in [2.45, 2.75) is 37.3 Å². The van der Waals surface area contributed by atoms with Gasteiger partial charge in [0.15, 0.2) is 0 Å². The van der Waals surface area contributed by atoms with Gasteiger partial charge < -0.3 is 10.1 Å². The first-order chi connectivity index (χ1) is 9.51. The van der Waals surface area contributed by atoms with E-state index in [1.807, 2.05) is 19.1 Å². The number of carbonyl (C=O) groups excluding carboxylic acids is 1. The van der Waals surface area contributed by atoms with Gasteiger partial charge in [-0.05, 0) is 54.4 Å². The Balaban J connectivity index is 2.53. The van der Waals surface area contributed by atoms with E-state index in [2.05, 4.69) is 33.2 Å². The van der Waals surface area contributed by atoms with E-state index in [4.69, 9.17) is 4.74 Å². The number of ether oxygens (including phenoxy) is 1. The number of aromatic nitrogens is 1. The Kier molecular flexibility index (Phi) is 7.55. The van der Waals surface area contributed by atoms with Gasteiger partial charge in [0.1, 0.15) is 5.54 Å². The zero-order chi connectivity index (χ0) is 15.0. The van der Waals surface area contributed by atoms with Crippen molar-refractivity contribution in [3.8, 4) is 0 Å². The molecule has 1 N–H and O–H groups in total. The fourth-order valence-corrected chi connectivity index (χ4v) is 2.94.